The number of nitrogens with one attached hydrogen (secondary N) is 1. The lowest BCUT2D eigenvalue weighted by Crippen LogP contribution is -2.37. The molecule has 2 atom stereocenters. The van der Waals surface area contributed by atoms with Gasteiger partial charge in [-0.1, -0.05) is 6.92 Å². The molecule has 90 valence electrons. The second-order valence-electron chi connectivity index (χ2n) is 3.67. The SMILES string of the molecule is CCCOC(NCCCOCC)C1CO1. The van der Waals surface area contributed by atoms with E-state index in [9.17, 15) is 0 Å². The minimum Gasteiger partial charge on any atom is -0.382 e. The van der Waals surface area contributed by atoms with Gasteiger partial charge in [0.1, 0.15) is 12.3 Å². The minimum atomic E-state index is 0.0755. The highest BCUT2D eigenvalue weighted by molar-refractivity contribution is 4.78. The highest BCUT2D eigenvalue weighted by Crippen LogP contribution is 2.15. The third kappa shape index (κ3) is 6.10. The Morgan fingerprint density at radius 3 is 2.80 bits per heavy atom. The molecule has 0 spiro atoms. The fourth-order valence-corrected chi connectivity index (χ4v) is 1.34. The van der Waals surface area contributed by atoms with E-state index in [2.05, 4.69) is 12.2 Å². The van der Waals surface area contributed by atoms with Gasteiger partial charge in [-0.2, -0.15) is 0 Å². The molecule has 0 aromatic heterocycles. The lowest BCUT2D eigenvalue weighted by atomic mass is 10.3. The van der Waals surface area contributed by atoms with E-state index in [0.29, 0.717) is 0 Å². The topological polar surface area (TPSA) is 43.0 Å². The lowest BCUT2D eigenvalue weighted by Gasteiger charge is -2.16. The van der Waals surface area contributed by atoms with E-state index in [1.165, 1.54) is 0 Å². The number of hydrogen-bond donors (Lipinski definition) is 1. The summed E-state index contributed by atoms with van der Waals surface area (Å²) in [6, 6.07) is 0. The molecule has 15 heavy (non-hydrogen) atoms. The van der Waals surface area contributed by atoms with Crippen molar-refractivity contribution in [2.24, 2.45) is 0 Å². The van der Waals surface area contributed by atoms with Gasteiger partial charge in [-0.15, -0.1) is 0 Å². The van der Waals surface area contributed by atoms with Gasteiger partial charge in [0, 0.05) is 19.8 Å². The van der Waals surface area contributed by atoms with Gasteiger partial charge in [-0.3, -0.25) is 5.32 Å². The monoisotopic (exact) mass is 217 g/mol. The molecule has 2 unspecified atom stereocenters. The molecule has 0 aliphatic carbocycles. The number of hydrogen-bond acceptors (Lipinski definition) is 4. The summed E-state index contributed by atoms with van der Waals surface area (Å²) in [5.74, 6) is 0. The van der Waals surface area contributed by atoms with Gasteiger partial charge in [-0.05, 0) is 26.3 Å². The Morgan fingerprint density at radius 2 is 2.20 bits per heavy atom. The first kappa shape index (κ1) is 12.9. The summed E-state index contributed by atoms with van der Waals surface area (Å²) in [5, 5.41) is 3.35. The largest absolute Gasteiger partial charge is 0.382 e. The van der Waals surface area contributed by atoms with Crippen LogP contribution in [-0.2, 0) is 14.2 Å². The van der Waals surface area contributed by atoms with E-state index in [4.69, 9.17) is 14.2 Å². The normalized spacial score (nSPS) is 21.6. The van der Waals surface area contributed by atoms with Crippen LogP contribution in [0.25, 0.3) is 0 Å². The predicted octanol–water partition coefficient (Wildman–Crippen LogP) is 1.15. The van der Waals surface area contributed by atoms with Gasteiger partial charge in [0.2, 0.25) is 0 Å². The first-order valence-corrected chi connectivity index (χ1v) is 5.92. The number of ether oxygens (including phenoxy) is 3. The van der Waals surface area contributed by atoms with Crippen molar-refractivity contribution < 1.29 is 14.2 Å². The summed E-state index contributed by atoms with van der Waals surface area (Å²) in [4.78, 5) is 0. The Bertz CT molecular complexity index is 151. The molecule has 0 aromatic carbocycles. The van der Waals surface area contributed by atoms with E-state index in [0.717, 1.165) is 45.8 Å². The maximum absolute atomic E-state index is 5.64. The number of epoxide rings is 1. The summed E-state index contributed by atoms with van der Waals surface area (Å²) in [6.07, 6.45) is 2.41. The van der Waals surface area contributed by atoms with Crippen LogP contribution in [0.2, 0.25) is 0 Å². The second kappa shape index (κ2) is 8.05. The lowest BCUT2D eigenvalue weighted by molar-refractivity contribution is 0.00962. The molecule has 1 rings (SSSR count). The average molecular weight is 217 g/mol. The summed E-state index contributed by atoms with van der Waals surface area (Å²) in [6.45, 7) is 8.28. The van der Waals surface area contributed by atoms with Crippen LogP contribution in [0.1, 0.15) is 26.7 Å². The maximum atomic E-state index is 5.64. The molecule has 1 fully saturated rings. The van der Waals surface area contributed by atoms with Crippen molar-refractivity contribution in [3.8, 4) is 0 Å². The van der Waals surface area contributed by atoms with Crippen molar-refractivity contribution in [3.05, 3.63) is 0 Å². The molecule has 0 radical (unpaired) electrons. The first-order valence-electron chi connectivity index (χ1n) is 5.92. The Morgan fingerprint density at radius 1 is 1.40 bits per heavy atom. The molecule has 0 amide bonds. The van der Waals surface area contributed by atoms with Crippen LogP contribution in [-0.4, -0.2) is 45.3 Å². The molecular formula is C11H23NO3. The van der Waals surface area contributed by atoms with Gasteiger partial charge in [0.05, 0.1) is 6.61 Å². The Kier molecular flexibility index (Phi) is 6.92. The zero-order valence-corrected chi connectivity index (χ0v) is 9.83. The highest BCUT2D eigenvalue weighted by atomic mass is 16.6. The van der Waals surface area contributed by atoms with Crippen LogP contribution < -0.4 is 5.32 Å². The van der Waals surface area contributed by atoms with Crippen LogP contribution in [0.15, 0.2) is 0 Å². The van der Waals surface area contributed by atoms with Crippen molar-refractivity contribution in [2.45, 2.75) is 39.0 Å². The molecule has 0 bridgehead atoms. The van der Waals surface area contributed by atoms with E-state index in [-0.39, 0.29) is 12.3 Å². The molecule has 1 aliphatic rings. The van der Waals surface area contributed by atoms with Crippen LogP contribution in [0.3, 0.4) is 0 Å². The van der Waals surface area contributed by atoms with Crippen molar-refractivity contribution in [3.63, 3.8) is 0 Å². The average Bonchev–Trinajstić information content (AvgIpc) is 3.06. The van der Waals surface area contributed by atoms with Crippen molar-refractivity contribution >= 4 is 0 Å². The fraction of sp³-hybridized carbons (Fsp3) is 1.00. The Labute approximate surface area is 92.3 Å². The zero-order chi connectivity index (χ0) is 10.9. The van der Waals surface area contributed by atoms with Crippen molar-refractivity contribution in [1.29, 1.82) is 0 Å². The van der Waals surface area contributed by atoms with Gasteiger partial charge >= 0.3 is 0 Å². The van der Waals surface area contributed by atoms with Crippen molar-refractivity contribution in [2.75, 3.05) is 33.0 Å². The first-order chi connectivity index (χ1) is 7.38. The molecular weight excluding hydrogens is 194 g/mol. The standard InChI is InChI=1S/C11H23NO3/c1-3-7-14-11(10-9-15-10)12-6-5-8-13-4-2/h10-12H,3-9H2,1-2H3. The summed E-state index contributed by atoms with van der Waals surface area (Å²) in [7, 11) is 0. The van der Waals surface area contributed by atoms with Gasteiger partial charge in [-0.25, -0.2) is 0 Å². The third-order valence-corrected chi connectivity index (χ3v) is 2.21. The molecule has 4 nitrogen and oxygen atoms in total. The molecule has 1 N–H and O–H groups in total. The molecule has 4 heteroatoms. The van der Waals surface area contributed by atoms with Crippen LogP contribution in [0.5, 0.6) is 0 Å². The molecule has 0 aromatic rings. The second-order valence-corrected chi connectivity index (χ2v) is 3.67. The molecule has 1 heterocycles. The Balaban J connectivity index is 1.98. The highest BCUT2D eigenvalue weighted by Gasteiger charge is 2.32. The fourth-order valence-electron chi connectivity index (χ4n) is 1.34. The van der Waals surface area contributed by atoms with Gasteiger partial charge < -0.3 is 14.2 Å². The van der Waals surface area contributed by atoms with Crippen LogP contribution >= 0.6 is 0 Å². The maximum Gasteiger partial charge on any atom is 0.136 e. The van der Waals surface area contributed by atoms with Crippen molar-refractivity contribution in [1.82, 2.24) is 5.32 Å². The van der Waals surface area contributed by atoms with Gasteiger partial charge in [0.25, 0.3) is 0 Å². The quantitative estimate of drug-likeness (QED) is 0.339. The van der Waals surface area contributed by atoms with E-state index < -0.39 is 0 Å². The van der Waals surface area contributed by atoms with E-state index >= 15 is 0 Å². The Hall–Kier alpha value is -0.160. The van der Waals surface area contributed by atoms with Crippen LogP contribution in [0, 0.1) is 0 Å². The zero-order valence-electron chi connectivity index (χ0n) is 9.83. The summed E-state index contributed by atoms with van der Waals surface area (Å²) >= 11 is 0. The van der Waals surface area contributed by atoms with E-state index in [1.807, 2.05) is 6.92 Å². The smallest absolute Gasteiger partial charge is 0.136 e. The van der Waals surface area contributed by atoms with Crippen LogP contribution in [0.4, 0.5) is 0 Å². The minimum absolute atomic E-state index is 0.0755. The summed E-state index contributed by atoms with van der Waals surface area (Å²) < 4.78 is 16.1. The van der Waals surface area contributed by atoms with E-state index in [1.54, 1.807) is 0 Å². The summed E-state index contributed by atoms with van der Waals surface area (Å²) in [5.41, 5.74) is 0. The van der Waals surface area contributed by atoms with Gasteiger partial charge in [0.15, 0.2) is 0 Å². The molecule has 1 saturated heterocycles. The molecule has 0 saturated carbocycles. The predicted molar refractivity (Wildman–Crippen MR) is 58.9 cm³/mol. The molecule has 1 aliphatic heterocycles. The number of rotatable bonds is 10. The third-order valence-electron chi connectivity index (χ3n) is 2.21.